The third-order valence-corrected chi connectivity index (χ3v) is 6.36. The molecule has 1 aromatic heterocycles. The number of rotatable bonds is 5. The summed E-state index contributed by atoms with van der Waals surface area (Å²) < 4.78 is 5.26. The van der Waals surface area contributed by atoms with Crippen LogP contribution in [-0.4, -0.2) is 38.3 Å². The van der Waals surface area contributed by atoms with E-state index in [0.717, 1.165) is 34.8 Å². The number of fused-ring (bicyclic) bond motifs is 1. The summed E-state index contributed by atoms with van der Waals surface area (Å²) >= 11 is 3.02. The molecule has 138 valence electrons. The van der Waals surface area contributed by atoms with Crippen LogP contribution in [0.25, 0.3) is 0 Å². The molecule has 1 aliphatic rings. The van der Waals surface area contributed by atoms with Gasteiger partial charge < -0.3 is 15.0 Å². The monoisotopic (exact) mass is 391 g/mol. The molecule has 0 spiro atoms. The quantitative estimate of drug-likeness (QED) is 0.607. The molecule has 7 heteroatoms. The summed E-state index contributed by atoms with van der Waals surface area (Å²) in [5.74, 6) is -0.544. The lowest BCUT2D eigenvalue weighted by Gasteiger charge is -2.19. The van der Waals surface area contributed by atoms with Gasteiger partial charge in [-0.2, -0.15) is 0 Å². The minimum absolute atomic E-state index is 0.195. The molecular formula is C19H23N2O3S2+. The first-order valence-corrected chi connectivity index (χ1v) is 10.7. The average molecular weight is 392 g/mol. The smallest absolute Gasteiger partial charge is 0.341 e. The Labute approximate surface area is 161 Å². The Morgan fingerprint density at radius 2 is 2.12 bits per heavy atom. The molecule has 0 bridgehead atoms. The van der Waals surface area contributed by atoms with E-state index in [2.05, 4.69) is 12.4 Å². The lowest BCUT2D eigenvalue weighted by Crippen LogP contribution is -3.08. The summed E-state index contributed by atoms with van der Waals surface area (Å²) in [5, 5.41) is 3.57. The number of esters is 1. The molecule has 0 radical (unpaired) electrons. The lowest BCUT2D eigenvalue weighted by atomic mass is 10.0. The number of quaternary nitrogens is 1. The number of benzene rings is 1. The SMILES string of the molecule is CCOC(=O)c1c(NC(=O)c2ccccc2SC)sc2c1CC[NH+](C)C2. The molecule has 1 amide bonds. The van der Waals surface area contributed by atoms with Crippen LogP contribution in [0.3, 0.4) is 0 Å². The standard InChI is InChI=1S/C19H22N2O3S2/c1-4-24-19(23)16-12-9-10-21(2)11-15(12)26-18(16)20-17(22)13-7-5-6-8-14(13)25-3/h5-8H,4,9-11H2,1-3H3,(H,20,22)/p+1. The Morgan fingerprint density at radius 1 is 1.35 bits per heavy atom. The number of amides is 1. The van der Waals surface area contributed by atoms with E-state index in [0.29, 0.717) is 22.7 Å². The van der Waals surface area contributed by atoms with Crippen LogP contribution in [0.2, 0.25) is 0 Å². The van der Waals surface area contributed by atoms with Gasteiger partial charge in [0.1, 0.15) is 11.5 Å². The van der Waals surface area contributed by atoms with Crippen molar-refractivity contribution < 1.29 is 19.2 Å². The van der Waals surface area contributed by atoms with Gasteiger partial charge in [-0.3, -0.25) is 4.79 Å². The van der Waals surface area contributed by atoms with Gasteiger partial charge in [0.05, 0.1) is 36.2 Å². The maximum absolute atomic E-state index is 12.8. The zero-order valence-corrected chi connectivity index (χ0v) is 16.8. The first-order chi connectivity index (χ1) is 12.5. The fourth-order valence-corrected chi connectivity index (χ4v) is 5.07. The van der Waals surface area contributed by atoms with Crippen molar-refractivity contribution in [3.05, 3.63) is 45.8 Å². The summed E-state index contributed by atoms with van der Waals surface area (Å²) in [6.45, 7) is 3.95. The summed E-state index contributed by atoms with van der Waals surface area (Å²) in [6, 6.07) is 7.48. The molecule has 0 saturated heterocycles. The Morgan fingerprint density at radius 3 is 2.85 bits per heavy atom. The van der Waals surface area contributed by atoms with Crippen molar-refractivity contribution in [2.75, 3.05) is 31.8 Å². The number of hydrogen-bond donors (Lipinski definition) is 2. The van der Waals surface area contributed by atoms with Gasteiger partial charge >= 0.3 is 5.97 Å². The number of likely N-dealkylation sites (N-methyl/N-ethyl adjacent to an activating group) is 1. The largest absolute Gasteiger partial charge is 0.462 e. The van der Waals surface area contributed by atoms with E-state index in [-0.39, 0.29) is 11.9 Å². The summed E-state index contributed by atoms with van der Waals surface area (Å²) in [6.07, 6.45) is 2.77. The lowest BCUT2D eigenvalue weighted by molar-refractivity contribution is -0.895. The van der Waals surface area contributed by atoms with Crippen molar-refractivity contribution in [2.24, 2.45) is 0 Å². The third kappa shape index (κ3) is 3.79. The van der Waals surface area contributed by atoms with Crippen LogP contribution in [0.15, 0.2) is 29.2 Å². The highest BCUT2D eigenvalue weighted by molar-refractivity contribution is 7.98. The number of hydrogen-bond acceptors (Lipinski definition) is 5. The number of thiophene rings is 1. The van der Waals surface area contributed by atoms with Gasteiger partial charge in [0.15, 0.2) is 0 Å². The van der Waals surface area contributed by atoms with Gasteiger partial charge in [-0.05, 0) is 30.9 Å². The van der Waals surface area contributed by atoms with Crippen LogP contribution >= 0.6 is 23.1 Å². The van der Waals surface area contributed by atoms with Gasteiger partial charge in [-0.15, -0.1) is 23.1 Å². The van der Waals surface area contributed by atoms with Crippen LogP contribution in [0.1, 0.15) is 38.1 Å². The van der Waals surface area contributed by atoms with Crippen molar-refractivity contribution in [3.8, 4) is 0 Å². The van der Waals surface area contributed by atoms with Crippen molar-refractivity contribution in [3.63, 3.8) is 0 Å². The molecule has 1 unspecified atom stereocenters. The zero-order chi connectivity index (χ0) is 18.7. The number of ether oxygens (including phenoxy) is 1. The molecule has 3 rings (SSSR count). The Balaban J connectivity index is 1.96. The zero-order valence-electron chi connectivity index (χ0n) is 15.2. The highest BCUT2D eigenvalue weighted by Crippen LogP contribution is 2.36. The minimum Gasteiger partial charge on any atom is -0.462 e. The molecular weight excluding hydrogens is 368 g/mol. The predicted octanol–water partition coefficient (Wildman–Crippen LogP) is 2.47. The highest BCUT2D eigenvalue weighted by Gasteiger charge is 2.30. The van der Waals surface area contributed by atoms with Crippen LogP contribution in [0, 0.1) is 0 Å². The molecule has 0 fully saturated rings. The fraction of sp³-hybridized carbons (Fsp3) is 0.368. The van der Waals surface area contributed by atoms with E-state index in [1.54, 1.807) is 13.0 Å². The molecule has 5 nitrogen and oxygen atoms in total. The Bertz CT molecular complexity index is 832. The van der Waals surface area contributed by atoms with Gasteiger partial charge in [0, 0.05) is 11.3 Å². The van der Waals surface area contributed by atoms with Gasteiger partial charge in [0.25, 0.3) is 5.91 Å². The molecule has 1 aliphatic heterocycles. The van der Waals surface area contributed by atoms with E-state index >= 15 is 0 Å². The summed E-state index contributed by atoms with van der Waals surface area (Å²) in [4.78, 5) is 28.8. The second-order valence-electron chi connectivity index (χ2n) is 6.22. The number of anilines is 1. The number of thioether (sulfide) groups is 1. The first-order valence-electron chi connectivity index (χ1n) is 8.62. The second-order valence-corrected chi connectivity index (χ2v) is 8.17. The van der Waals surface area contributed by atoms with Crippen molar-refractivity contribution in [1.82, 2.24) is 0 Å². The van der Waals surface area contributed by atoms with E-state index in [1.165, 1.54) is 28.0 Å². The van der Waals surface area contributed by atoms with E-state index in [9.17, 15) is 9.59 Å². The maximum atomic E-state index is 12.8. The minimum atomic E-state index is -0.349. The Kier molecular flexibility index (Phi) is 6.01. The van der Waals surface area contributed by atoms with Crippen molar-refractivity contribution >= 4 is 40.0 Å². The highest BCUT2D eigenvalue weighted by atomic mass is 32.2. The molecule has 1 aromatic carbocycles. The average Bonchev–Trinajstić information content (AvgIpc) is 2.98. The summed E-state index contributed by atoms with van der Waals surface area (Å²) in [7, 11) is 2.14. The number of carbonyl (C=O) groups excluding carboxylic acids is 2. The third-order valence-electron chi connectivity index (χ3n) is 4.41. The van der Waals surface area contributed by atoms with Crippen LogP contribution in [0.5, 0.6) is 0 Å². The number of nitrogens with one attached hydrogen (secondary N) is 2. The van der Waals surface area contributed by atoms with E-state index in [1.807, 2.05) is 24.5 Å². The normalized spacial score (nSPS) is 16.0. The van der Waals surface area contributed by atoms with Gasteiger partial charge in [-0.25, -0.2) is 4.79 Å². The van der Waals surface area contributed by atoms with Crippen molar-refractivity contribution in [1.29, 1.82) is 0 Å². The topological polar surface area (TPSA) is 59.8 Å². The van der Waals surface area contributed by atoms with Crippen molar-refractivity contribution in [2.45, 2.75) is 24.8 Å². The van der Waals surface area contributed by atoms with Crippen LogP contribution in [0.4, 0.5) is 5.00 Å². The van der Waals surface area contributed by atoms with E-state index in [4.69, 9.17) is 4.74 Å². The number of carbonyl (C=O) groups is 2. The summed E-state index contributed by atoms with van der Waals surface area (Å²) in [5.41, 5.74) is 2.19. The molecule has 0 aliphatic carbocycles. The molecule has 2 N–H and O–H groups in total. The molecule has 2 aromatic rings. The second kappa shape index (κ2) is 8.24. The van der Waals surface area contributed by atoms with Crippen LogP contribution in [-0.2, 0) is 17.7 Å². The van der Waals surface area contributed by atoms with Gasteiger partial charge in [0.2, 0.25) is 0 Å². The maximum Gasteiger partial charge on any atom is 0.341 e. The van der Waals surface area contributed by atoms with Crippen LogP contribution < -0.4 is 10.2 Å². The molecule has 26 heavy (non-hydrogen) atoms. The van der Waals surface area contributed by atoms with Gasteiger partial charge in [-0.1, -0.05) is 12.1 Å². The molecule has 0 saturated carbocycles. The molecule has 1 atom stereocenters. The Hall–Kier alpha value is -1.83. The van der Waals surface area contributed by atoms with E-state index < -0.39 is 0 Å². The first kappa shape index (κ1) is 18.9. The fourth-order valence-electron chi connectivity index (χ4n) is 3.13. The molecule has 2 heterocycles. The predicted molar refractivity (Wildman–Crippen MR) is 106 cm³/mol.